The van der Waals surface area contributed by atoms with E-state index in [9.17, 15) is 10.1 Å². The van der Waals surface area contributed by atoms with Crippen LogP contribution in [-0.4, -0.2) is 22.0 Å². The van der Waals surface area contributed by atoms with E-state index in [4.69, 9.17) is 4.74 Å². The summed E-state index contributed by atoms with van der Waals surface area (Å²) in [6, 6.07) is 20.5. The molecule has 4 rings (SSSR count). The molecule has 1 heterocycles. The summed E-state index contributed by atoms with van der Waals surface area (Å²) in [4.78, 5) is 19.5. The van der Waals surface area contributed by atoms with Crippen LogP contribution in [0.4, 0.5) is 28.7 Å². The highest BCUT2D eigenvalue weighted by Crippen LogP contribution is 2.35. The smallest absolute Gasteiger partial charge is 0.353 e. The van der Waals surface area contributed by atoms with Gasteiger partial charge in [0.25, 0.3) is 0 Å². The van der Waals surface area contributed by atoms with Crippen molar-refractivity contribution in [1.82, 2.24) is 9.97 Å². The molecule has 0 aliphatic heterocycles. The van der Waals surface area contributed by atoms with Crippen LogP contribution in [-0.2, 0) is 0 Å². The molecule has 0 bridgehead atoms. The Hall–Kier alpha value is -4.20. The lowest BCUT2D eigenvalue weighted by molar-refractivity contribution is -0.383. The predicted octanol–water partition coefficient (Wildman–Crippen LogP) is 5.03. The minimum Gasteiger partial charge on any atom is -0.497 e. The van der Waals surface area contributed by atoms with Gasteiger partial charge in [0.1, 0.15) is 12.1 Å². The zero-order chi connectivity index (χ0) is 20.2. The summed E-state index contributed by atoms with van der Waals surface area (Å²) in [5, 5.41) is 19.8. The number of methoxy groups -OCH3 is 1. The van der Waals surface area contributed by atoms with Gasteiger partial charge in [0.15, 0.2) is 0 Å². The van der Waals surface area contributed by atoms with E-state index in [1.807, 2.05) is 42.5 Å². The van der Waals surface area contributed by atoms with E-state index in [-0.39, 0.29) is 17.3 Å². The molecular weight excluding hydrogens is 370 g/mol. The van der Waals surface area contributed by atoms with E-state index >= 15 is 0 Å². The Morgan fingerprint density at radius 3 is 2.31 bits per heavy atom. The molecule has 0 aliphatic rings. The Bertz CT molecular complexity index is 1170. The number of aromatic nitrogens is 2. The second-order valence-corrected chi connectivity index (χ2v) is 6.18. The number of anilines is 4. The molecule has 0 saturated heterocycles. The van der Waals surface area contributed by atoms with Gasteiger partial charge in [-0.15, -0.1) is 0 Å². The Balaban J connectivity index is 1.72. The maximum atomic E-state index is 11.8. The summed E-state index contributed by atoms with van der Waals surface area (Å²) < 4.78 is 5.13. The second kappa shape index (κ2) is 7.81. The van der Waals surface area contributed by atoms with Gasteiger partial charge >= 0.3 is 5.69 Å². The van der Waals surface area contributed by atoms with E-state index in [0.717, 1.165) is 16.5 Å². The molecule has 8 heteroatoms. The van der Waals surface area contributed by atoms with Crippen LogP contribution < -0.4 is 15.4 Å². The van der Waals surface area contributed by atoms with Gasteiger partial charge in [-0.1, -0.05) is 36.4 Å². The first-order chi connectivity index (χ1) is 14.2. The largest absolute Gasteiger partial charge is 0.497 e. The molecule has 0 saturated carbocycles. The molecule has 1 aromatic heterocycles. The zero-order valence-electron chi connectivity index (χ0n) is 15.5. The van der Waals surface area contributed by atoms with E-state index in [1.165, 1.54) is 6.33 Å². The standard InChI is InChI=1S/C21H17N5O3/c1-29-16-11-9-15(10-12-16)24-20-19(26(27)28)21(23-13-22-20)25-18-8-4-6-14-5-2-3-7-17(14)18/h2-13H,1H3,(H2,22,23,24,25). The Morgan fingerprint density at radius 1 is 0.897 bits per heavy atom. The van der Waals surface area contributed by atoms with Crippen molar-refractivity contribution in [1.29, 1.82) is 0 Å². The van der Waals surface area contributed by atoms with E-state index < -0.39 is 4.92 Å². The van der Waals surface area contributed by atoms with Crippen LogP contribution in [0.25, 0.3) is 10.8 Å². The highest BCUT2D eigenvalue weighted by Gasteiger charge is 2.23. The monoisotopic (exact) mass is 387 g/mol. The topological polar surface area (TPSA) is 102 Å². The third kappa shape index (κ3) is 3.77. The number of benzene rings is 3. The van der Waals surface area contributed by atoms with E-state index in [1.54, 1.807) is 31.4 Å². The van der Waals surface area contributed by atoms with Crippen molar-refractivity contribution in [2.45, 2.75) is 0 Å². The van der Waals surface area contributed by atoms with Crippen molar-refractivity contribution in [2.24, 2.45) is 0 Å². The molecule has 0 amide bonds. The van der Waals surface area contributed by atoms with Crippen LogP contribution in [0.15, 0.2) is 73.1 Å². The molecule has 2 N–H and O–H groups in total. The Kier molecular flexibility index (Phi) is 4.90. The van der Waals surface area contributed by atoms with Crippen LogP contribution in [0.2, 0.25) is 0 Å². The average Bonchev–Trinajstić information content (AvgIpc) is 2.74. The average molecular weight is 387 g/mol. The molecular formula is C21H17N5O3. The highest BCUT2D eigenvalue weighted by molar-refractivity contribution is 5.96. The molecule has 0 spiro atoms. The molecule has 144 valence electrons. The first kappa shape index (κ1) is 18.2. The first-order valence-corrected chi connectivity index (χ1v) is 8.81. The molecule has 3 aromatic carbocycles. The number of ether oxygens (including phenoxy) is 1. The Labute approximate surface area is 166 Å². The number of fused-ring (bicyclic) bond motifs is 1. The molecule has 29 heavy (non-hydrogen) atoms. The zero-order valence-corrected chi connectivity index (χ0v) is 15.5. The van der Waals surface area contributed by atoms with Gasteiger partial charge < -0.3 is 15.4 Å². The maximum Gasteiger partial charge on any atom is 0.353 e. The predicted molar refractivity (Wildman–Crippen MR) is 112 cm³/mol. The molecule has 0 atom stereocenters. The minimum absolute atomic E-state index is 0.0953. The summed E-state index contributed by atoms with van der Waals surface area (Å²) in [5.41, 5.74) is 1.13. The van der Waals surface area contributed by atoms with Crippen molar-refractivity contribution in [3.63, 3.8) is 0 Å². The number of hydrogen-bond donors (Lipinski definition) is 2. The number of nitrogens with one attached hydrogen (secondary N) is 2. The first-order valence-electron chi connectivity index (χ1n) is 8.81. The lowest BCUT2D eigenvalue weighted by Crippen LogP contribution is -2.05. The summed E-state index contributed by atoms with van der Waals surface area (Å²) in [7, 11) is 1.57. The van der Waals surface area contributed by atoms with Crippen molar-refractivity contribution in [3.05, 3.63) is 83.2 Å². The van der Waals surface area contributed by atoms with Crippen LogP contribution >= 0.6 is 0 Å². The molecule has 0 radical (unpaired) electrons. The lowest BCUT2D eigenvalue weighted by atomic mass is 10.1. The van der Waals surface area contributed by atoms with E-state index in [2.05, 4.69) is 20.6 Å². The van der Waals surface area contributed by atoms with Gasteiger partial charge in [-0.05, 0) is 35.7 Å². The summed E-state index contributed by atoms with van der Waals surface area (Å²) in [6.07, 6.45) is 1.28. The van der Waals surface area contributed by atoms with Crippen molar-refractivity contribution >= 4 is 39.5 Å². The SMILES string of the molecule is COc1ccc(Nc2ncnc(Nc3cccc4ccccc34)c2[N+](=O)[O-])cc1. The quantitative estimate of drug-likeness (QED) is 0.353. The van der Waals surface area contributed by atoms with Gasteiger partial charge in [-0.3, -0.25) is 10.1 Å². The molecule has 4 aromatic rings. The third-order valence-corrected chi connectivity index (χ3v) is 4.40. The van der Waals surface area contributed by atoms with Crippen LogP contribution in [0.1, 0.15) is 0 Å². The fourth-order valence-electron chi connectivity index (χ4n) is 3.01. The fourth-order valence-corrected chi connectivity index (χ4v) is 3.01. The number of hydrogen-bond acceptors (Lipinski definition) is 7. The van der Waals surface area contributed by atoms with Crippen LogP contribution in [0.3, 0.4) is 0 Å². The normalized spacial score (nSPS) is 10.5. The Morgan fingerprint density at radius 2 is 1.59 bits per heavy atom. The lowest BCUT2D eigenvalue weighted by Gasteiger charge is -2.12. The minimum atomic E-state index is -0.501. The summed E-state index contributed by atoms with van der Waals surface area (Å²) in [6.45, 7) is 0. The van der Waals surface area contributed by atoms with Crippen LogP contribution in [0.5, 0.6) is 5.75 Å². The van der Waals surface area contributed by atoms with Gasteiger partial charge in [-0.2, -0.15) is 0 Å². The van der Waals surface area contributed by atoms with Gasteiger partial charge in [-0.25, -0.2) is 9.97 Å². The summed E-state index contributed by atoms with van der Waals surface area (Å²) >= 11 is 0. The van der Waals surface area contributed by atoms with Gasteiger partial charge in [0, 0.05) is 16.8 Å². The molecule has 0 fully saturated rings. The van der Waals surface area contributed by atoms with Crippen molar-refractivity contribution < 1.29 is 9.66 Å². The van der Waals surface area contributed by atoms with Crippen LogP contribution in [0, 0.1) is 10.1 Å². The fraction of sp³-hybridized carbons (Fsp3) is 0.0476. The summed E-state index contributed by atoms with van der Waals surface area (Å²) in [5.74, 6) is 0.890. The van der Waals surface area contributed by atoms with Crippen molar-refractivity contribution in [3.8, 4) is 5.75 Å². The van der Waals surface area contributed by atoms with Crippen molar-refractivity contribution in [2.75, 3.05) is 17.7 Å². The number of nitro groups is 1. The molecule has 0 aliphatic carbocycles. The molecule has 8 nitrogen and oxygen atoms in total. The number of nitrogens with zero attached hydrogens (tertiary/aromatic N) is 3. The second-order valence-electron chi connectivity index (χ2n) is 6.18. The van der Waals surface area contributed by atoms with Gasteiger partial charge in [0.2, 0.25) is 11.6 Å². The van der Waals surface area contributed by atoms with E-state index in [0.29, 0.717) is 11.4 Å². The highest BCUT2D eigenvalue weighted by atomic mass is 16.6. The maximum absolute atomic E-state index is 11.8. The van der Waals surface area contributed by atoms with Gasteiger partial charge in [0.05, 0.1) is 12.0 Å². The number of rotatable bonds is 6. The third-order valence-electron chi connectivity index (χ3n) is 4.40. The molecule has 0 unspecified atom stereocenters.